The normalized spacial score (nSPS) is 11.0. The first-order valence-electron chi connectivity index (χ1n) is 7.14. The highest BCUT2D eigenvalue weighted by molar-refractivity contribution is 5.83. The molecule has 0 atom stereocenters. The van der Waals surface area contributed by atoms with Gasteiger partial charge in [0.15, 0.2) is 0 Å². The Kier molecular flexibility index (Phi) is 3.52. The zero-order chi connectivity index (χ0) is 14.8. The van der Waals surface area contributed by atoms with E-state index in [9.17, 15) is 4.79 Å². The molecule has 0 aliphatic carbocycles. The van der Waals surface area contributed by atoms with Gasteiger partial charge in [0, 0.05) is 28.4 Å². The van der Waals surface area contributed by atoms with Gasteiger partial charge in [0.25, 0.3) is 5.56 Å². The van der Waals surface area contributed by atoms with E-state index >= 15 is 0 Å². The van der Waals surface area contributed by atoms with Crippen LogP contribution in [0.2, 0.25) is 0 Å². The van der Waals surface area contributed by atoms with Gasteiger partial charge < -0.3 is 4.98 Å². The van der Waals surface area contributed by atoms with E-state index in [1.807, 2.05) is 37.3 Å². The van der Waals surface area contributed by atoms with Gasteiger partial charge in [0.05, 0.1) is 5.52 Å². The SMILES string of the molecule is CCCc1cc(=O)[nH]c(-c2ccc3nc(C)ccc3c2)n1. The van der Waals surface area contributed by atoms with Crippen LogP contribution in [0.1, 0.15) is 24.7 Å². The molecule has 0 unspecified atom stereocenters. The molecular weight excluding hydrogens is 262 g/mol. The largest absolute Gasteiger partial charge is 0.307 e. The second-order valence-electron chi connectivity index (χ2n) is 5.20. The van der Waals surface area contributed by atoms with Crippen molar-refractivity contribution in [3.05, 3.63) is 58.1 Å². The third-order valence-corrected chi connectivity index (χ3v) is 3.40. The van der Waals surface area contributed by atoms with Crippen LogP contribution < -0.4 is 5.56 Å². The minimum absolute atomic E-state index is 0.106. The lowest BCUT2D eigenvalue weighted by Crippen LogP contribution is -2.10. The van der Waals surface area contributed by atoms with Crippen LogP contribution in [0.15, 0.2) is 41.2 Å². The van der Waals surface area contributed by atoms with Gasteiger partial charge in [0.2, 0.25) is 0 Å². The highest BCUT2D eigenvalue weighted by Gasteiger charge is 2.05. The maximum absolute atomic E-state index is 11.8. The number of H-pyrrole nitrogens is 1. The molecule has 0 spiro atoms. The van der Waals surface area contributed by atoms with E-state index in [4.69, 9.17) is 0 Å². The number of aryl methyl sites for hydroxylation is 2. The van der Waals surface area contributed by atoms with Crippen molar-refractivity contribution in [1.29, 1.82) is 0 Å². The average Bonchev–Trinajstić information content (AvgIpc) is 2.46. The van der Waals surface area contributed by atoms with Crippen LogP contribution >= 0.6 is 0 Å². The molecule has 0 saturated heterocycles. The summed E-state index contributed by atoms with van der Waals surface area (Å²) in [4.78, 5) is 23.6. The molecule has 0 aliphatic rings. The van der Waals surface area contributed by atoms with Gasteiger partial charge in [-0.2, -0.15) is 0 Å². The zero-order valence-electron chi connectivity index (χ0n) is 12.2. The topological polar surface area (TPSA) is 58.6 Å². The van der Waals surface area contributed by atoms with E-state index in [1.54, 1.807) is 6.07 Å². The van der Waals surface area contributed by atoms with Gasteiger partial charge in [-0.3, -0.25) is 9.78 Å². The maximum Gasteiger partial charge on any atom is 0.251 e. The lowest BCUT2D eigenvalue weighted by atomic mass is 10.1. The number of aromatic nitrogens is 3. The number of fused-ring (bicyclic) bond motifs is 1. The van der Waals surface area contributed by atoms with Crippen LogP contribution in [0, 0.1) is 6.92 Å². The Morgan fingerprint density at radius 3 is 2.76 bits per heavy atom. The van der Waals surface area contributed by atoms with Crippen molar-refractivity contribution < 1.29 is 0 Å². The van der Waals surface area contributed by atoms with Crippen LogP contribution in [0.3, 0.4) is 0 Å². The van der Waals surface area contributed by atoms with Crippen LogP contribution in [0.25, 0.3) is 22.3 Å². The van der Waals surface area contributed by atoms with Gasteiger partial charge >= 0.3 is 0 Å². The van der Waals surface area contributed by atoms with Gasteiger partial charge in [-0.05, 0) is 37.6 Å². The number of hydrogen-bond donors (Lipinski definition) is 1. The summed E-state index contributed by atoms with van der Waals surface area (Å²) in [5.41, 5.74) is 3.57. The minimum Gasteiger partial charge on any atom is -0.307 e. The third-order valence-electron chi connectivity index (χ3n) is 3.40. The Labute approximate surface area is 122 Å². The summed E-state index contributed by atoms with van der Waals surface area (Å²) in [6.07, 6.45) is 1.78. The van der Waals surface area contributed by atoms with Crippen molar-refractivity contribution in [2.45, 2.75) is 26.7 Å². The number of nitrogens with one attached hydrogen (secondary N) is 1. The van der Waals surface area contributed by atoms with E-state index in [2.05, 4.69) is 21.9 Å². The minimum atomic E-state index is -0.106. The molecule has 106 valence electrons. The van der Waals surface area contributed by atoms with Crippen molar-refractivity contribution in [3.63, 3.8) is 0 Å². The summed E-state index contributed by atoms with van der Waals surface area (Å²) in [5.74, 6) is 0.619. The lowest BCUT2D eigenvalue weighted by molar-refractivity contribution is 0.870. The molecule has 4 nitrogen and oxygen atoms in total. The molecule has 4 heteroatoms. The second-order valence-corrected chi connectivity index (χ2v) is 5.20. The van der Waals surface area contributed by atoms with Crippen molar-refractivity contribution >= 4 is 10.9 Å². The first-order valence-corrected chi connectivity index (χ1v) is 7.14. The van der Waals surface area contributed by atoms with E-state index in [1.165, 1.54) is 0 Å². The standard InChI is InChI=1S/C17H17N3O/c1-3-4-14-10-16(21)20-17(19-14)13-7-8-15-12(9-13)6-5-11(2)18-15/h5-10H,3-4H2,1-2H3,(H,19,20,21). The van der Waals surface area contributed by atoms with Crippen LogP contribution in [-0.4, -0.2) is 15.0 Å². The fraction of sp³-hybridized carbons (Fsp3) is 0.235. The summed E-state index contributed by atoms with van der Waals surface area (Å²) in [6, 6.07) is 11.5. The van der Waals surface area contributed by atoms with Gasteiger partial charge in [-0.1, -0.05) is 19.4 Å². The molecule has 0 aliphatic heterocycles. The quantitative estimate of drug-likeness (QED) is 0.800. The molecule has 0 radical (unpaired) electrons. The summed E-state index contributed by atoms with van der Waals surface area (Å²) in [7, 11) is 0. The van der Waals surface area contributed by atoms with Crippen LogP contribution in [-0.2, 0) is 6.42 Å². The molecule has 0 fully saturated rings. The maximum atomic E-state index is 11.8. The fourth-order valence-electron chi connectivity index (χ4n) is 2.40. The number of rotatable bonds is 3. The Morgan fingerprint density at radius 1 is 1.10 bits per heavy atom. The van der Waals surface area contributed by atoms with E-state index < -0.39 is 0 Å². The summed E-state index contributed by atoms with van der Waals surface area (Å²) < 4.78 is 0. The van der Waals surface area contributed by atoms with Gasteiger partial charge in [-0.25, -0.2) is 4.98 Å². The van der Waals surface area contributed by atoms with Crippen LogP contribution in [0.4, 0.5) is 0 Å². The zero-order valence-corrected chi connectivity index (χ0v) is 12.2. The summed E-state index contributed by atoms with van der Waals surface area (Å²) in [5, 5.41) is 1.04. The monoisotopic (exact) mass is 279 g/mol. The molecule has 3 rings (SSSR count). The second kappa shape index (κ2) is 5.48. The average molecular weight is 279 g/mol. The highest BCUT2D eigenvalue weighted by atomic mass is 16.1. The number of hydrogen-bond acceptors (Lipinski definition) is 3. The molecule has 2 aromatic heterocycles. The Balaban J connectivity index is 2.11. The Bertz CT molecular complexity index is 852. The molecule has 0 bridgehead atoms. The number of aromatic amines is 1. The van der Waals surface area contributed by atoms with Crippen molar-refractivity contribution in [3.8, 4) is 11.4 Å². The third kappa shape index (κ3) is 2.84. The molecule has 0 amide bonds. The van der Waals surface area contributed by atoms with E-state index in [0.717, 1.165) is 40.7 Å². The van der Waals surface area contributed by atoms with Gasteiger partial charge in [0.1, 0.15) is 5.82 Å². The smallest absolute Gasteiger partial charge is 0.251 e. The van der Waals surface area contributed by atoms with E-state index in [0.29, 0.717) is 5.82 Å². The molecule has 21 heavy (non-hydrogen) atoms. The van der Waals surface area contributed by atoms with Crippen LogP contribution in [0.5, 0.6) is 0 Å². The Hall–Kier alpha value is -2.49. The molecule has 1 aromatic carbocycles. The van der Waals surface area contributed by atoms with Gasteiger partial charge in [-0.15, -0.1) is 0 Å². The van der Waals surface area contributed by atoms with Crippen molar-refractivity contribution in [2.24, 2.45) is 0 Å². The number of pyridine rings is 1. The van der Waals surface area contributed by atoms with E-state index in [-0.39, 0.29) is 5.56 Å². The van der Waals surface area contributed by atoms with Crippen molar-refractivity contribution in [1.82, 2.24) is 15.0 Å². The van der Waals surface area contributed by atoms with Crippen molar-refractivity contribution in [2.75, 3.05) is 0 Å². The first-order chi connectivity index (χ1) is 10.2. The fourth-order valence-corrected chi connectivity index (χ4v) is 2.40. The highest BCUT2D eigenvalue weighted by Crippen LogP contribution is 2.20. The molecular formula is C17H17N3O. The number of nitrogens with zero attached hydrogens (tertiary/aromatic N) is 2. The summed E-state index contributed by atoms with van der Waals surface area (Å²) in [6.45, 7) is 4.05. The predicted molar refractivity (Wildman–Crippen MR) is 84.3 cm³/mol. The predicted octanol–water partition coefficient (Wildman–Crippen LogP) is 3.25. The summed E-state index contributed by atoms with van der Waals surface area (Å²) >= 11 is 0. The molecule has 1 N–H and O–H groups in total. The molecule has 2 heterocycles. The lowest BCUT2D eigenvalue weighted by Gasteiger charge is -2.05. The molecule has 3 aromatic rings. The first kappa shape index (κ1) is 13.5. The molecule has 0 saturated carbocycles. The number of benzene rings is 1. The Morgan fingerprint density at radius 2 is 1.95 bits per heavy atom.